The summed E-state index contributed by atoms with van der Waals surface area (Å²) in [7, 11) is 1.84. The van der Waals surface area contributed by atoms with Gasteiger partial charge in [-0.25, -0.2) is 9.97 Å². The van der Waals surface area contributed by atoms with Crippen molar-refractivity contribution >= 4 is 11.6 Å². The average molecular weight is 224 g/mol. The monoisotopic (exact) mass is 224 g/mol. The number of aryl methyl sites for hydroxylation is 1. The number of hydrogen-bond donors (Lipinski definition) is 2. The number of rotatable bonds is 6. The van der Waals surface area contributed by atoms with Crippen LogP contribution >= 0.6 is 0 Å². The van der Waals surface area contributed by atoms with E-state index in [0.29, 0.717) is 0 Å². The highest BCUT2D eigenvalue weighted by Crippen LogP contribution is 2.15. The number of aromatic nitrogens is 2. The fourth-order valence-electron chi connectivity index (χ4n) is 1.54. The Morgan fingerprint density at radius 1 is 1.44 bits per heavy atom. The minimum atomic E-state index is 0.208. The minimum Gasteiger partial charge on any atom is -0.396 e. The lowest BCUT2D eigenvalue weighted by Crippen LogP contribution is -2.26. The molecule has 16 heavy (non-hydrogen) atoms. The normalized spacial score (nSPS) is 10.2. The van der Waals surface area contributed by atoms with Gasteiger partial charge in [0, 0.05) is 32.8 Å². The van der Waals surface area contributed by atoms with Crippen molar-refractivity contribution in [1.82, 2.24) is 9.97 Å². The summed E-state index contributed by atoms with van der Waals surface area (Å²) < 4.78 is 0. The van der Waals surface area contributed by atoms with Crippen molar-refractivity contribution in [3.63, 3.8) is 0 Å². The average Bonchev–Trinajstić information content (AvgIpc) is 2.29. The molecule has 2 N–H and O–H groups in total. The Balaban J connectivity index is 2.86. The summed E-state index contributed by atoms with van der Waals surface area (Å²) >= 11 is 0. The Labute approximate surface area is 96.5 Å². The molecular weight excluding hydrogens is 204 g/mol. The summed E-state index contributed by atoms with van der Waals surface area (Å²) in [5, 5.41) is 11.9. The van der Waals surface area contributed by atoms with Crippen LogP contribution in [0.5, 0.6) is 0 Å². The number of aliphatic hydroxyl groups is 1. The van der Waals surface area contributed by atoms with Crippen LogP contribution in [0.3, 0.4) is 0 Å². The minimum absolute atomic E-state index is 0.208. The smallest absolute Gasteiger partial charge is 0.134 e. The molecule has 5 heteroatoms. The molecule has 1 aromatic heterocycles. The summed E-state index contributed by atoms with van der Waals surface area (Å²) in [5.74, 6) is 2.49. The zero-order valence-electron chi connectivity index (χ0n) is 10.2. The maximum Gasteiger partial charge on any atom is 0.134 e. The molecule has 0 aliphatic heterocycles. The number of anilines is 2. The Bertz CT molecular complexity index is 330. The van der Waals surface area contributed by atoms with Gasteiger partial charge in [-0.1, -0.05) is 0 Å². The van der Waals surface area contributed by atoms with Gasteiger partial charge in [0.1, 0.15) is 17.5 Å². The number of nitrogens with zero attached hydrogens (tertiary/aromatic N) is 3. The summed E-state index contributed by atoms with van der Waals surface area (Å²) in [5.41, 5.74) is 0. The van der Waals surface area contributed by atoms with Crippen LogP contribution in [-0.4, -0.2) is 41.8 Å². The second-order valence-corrected chi connectivity index (χ2v) is 3.57. The number of aliphatic hydroxyl groups excluding tert-OH is 1. The van der Waals surface area contributed by atoms with Gasteiger partial charge in [-0.05, 0) is 20.3 Å². The van der Waals surface area contributed by atoms with Crippen LogP contribution in [0.4, 0.5) is 11.6 Å². The standard InChI is InChI=1S/C11H20N4O/c1-4-15(6-5-7-16)11-8-10(12-3)13-9(2)14-11/h8,16H,4-7H2,1-3H3,(H,12,13,14). The maximum atomic E-state index is 8.84. The third kappa shape index (κ3) is 3.34. The Kier molecular flexibility index (Phi) is 4.98. The van der Waals surface area contributed by atoms with Gasteiger partial charge in [-0.2, -0.15) is 0 Å². The van der Waals surface area contributed by atoms with E-state index in [9.17, 15) is 0 Å². The van der Waals surface area contributed by atoms with E-state index in [2.05, 4.69) is 27.1 Å². The van der Waals surface area contributed by atoms with E-state index in [1.807, 2.05) is 20.0 Å². The summed E-state index contributed by atoms with van der Waals surface area (Å²) in [4.78, 5) is 10.8. The van der Waals surface area contributed by atoms with E-state index in [1.165, 1.54) is 0 Å². The molecule has 1 aromatic rings. The van der Waals surface area contributed by atoms with E-state index in [4.69, 9.17) is 5.11 Å². The van der Waals surface area contributed by atoms with Crippen LogP contribution in [-0.2, 0) is 0 Å². The van der Waals surface area contributed by atoms with Crippen molar-refractivity contribution in [2.45, 2.75) is 20.3 Å². The second kappa shape index (κ2) is 6.27. The third-order valence-electron chi connectivity index (χ3n) is 2.37. The lowest BCUT2D eigenvalue weighted by Gasteiger charge is -2.22. The zero-order chi connectivity index (χ0) is 12.0. The largest absolute Gasteiger partial charge is 0.396 e. The van der Waals surface area contributed by atoms with Gasteiger partial charge in [0.2, 0.25) is 0 Å². The van der Waals surface area contributed by atoms with Crippen LogP contribution < -0.4 is 10.2 Å². The van der Waals surface area contributed by atoms with Crippen LogP contribution in [0, 0.1) is 6.92 Å². The Morgan fingerprint density at radius 3 is 2.75 bits per heavy atom. The molecule has 0 bridgehead atoms. The van der Waals surface area contributed by atoms with Crippen molar-refractivity contribution in [3.05, 3.63) is 11.9 Å². The lowest BCUT2D eigenvalue weighted by atomic mass is 10.3. The second-order valence-electron chi connectivity index (χ2n) is 3.57. The van der Waals surface area contributed by atoms with E-state index in [0.717, 1.165) is 37.0 Å². The molecule has 0 spiro atoms. The summed E-state index contributed by atoms with van der Waals surface area (Å²) in [6.45, 7) is 5.85. The van der Waals surface area contributed by atoms with Gasteiger partial charge in [-0.3, -0.25) is 0 Å². The molecule has 0 unspecified atom stereocenters. The predicted octanol–water partition coefficient (Wildman–Crippen LogP) is 1.04. The van der Waals surface area contributed by atoms with Gasteiger partial charge < -0.3 is 15.3 Å². The number of hydrogen-bond acceptors (Lipinski definition) is 5. The van der Waals surface area contributed by atoms with Gasteiger partial charge in [0.15, 0.2) is 0 Å². The van der Waals surface area contributed by atoms with Crippen molar-refractivity contribution in [1.29, 1.82) is 0 Å². The first-order valence-corrected chi connectivity index (χ1v) is 5.60. The maximum absolute atomic E-state index is 8.84. The molecular formula is C11H20N4O. The van der Waals surface area contributed by atoms with Crippen molar-refractivity contribution in [3.8, 4) is 0 Å². The topological polar surface area (TPSA) is 61.3 Å². The van der Waals surface area contributed by atoms with Crippen LogP contribution in [0.1, 0.15) is 19.2 Å². The van der Waals surface area contributed by atoms with Crippen LogP contribution in [0.2, 0.25) is 0 Å². The molecule has 1 heterocycles. The first-order chi connectivity index (χ1) is 7.71. The van der Waals surface area contributed by atoms with Crippen molar-refractivity contribution < 1.29 is 5.11 Å². The number of nitrogens with one attached hydrogen (secondary N) is 1. The van der Waals surface area contributed by atoms with E-state index >= 15 is 0 Å². The molecule has 0 radical (unpaired) electrons. The Hall–Kier alpha value is -1.36. The molecule has 0 fully saturated rings. The molecule has 0 saturated heterocycles. The highest BCUT2D eigenvalue weighted by atomic mass is 16.3. The van der Waals surface area contributed by atoms with E-state index < -0.39 is 0 Å². The quantitative estimate of drug-likeness (QED) is 0.756. The Morgan fingerprint density at radius 2 is 2.19 bits per heavy atom. The first-order valence-electron chi connectivity index (χ1n) is 5.60. The summed E-state index contributed by atoms with van der Waals surface area (Å²) in [6.07, 6.45) is 0.756. The van der Waals surface area contributed by atoms with E-state index in [1.54, 1.807) is 0 Å². The molecule has 0 amide bonds. The first kappa shape index (κ1) is 12.7. The van der Waals surface area contributed by atoms with Gasteiger partial charge in [0.25, 0.3) is 0 Å². The van der Waals surface area contributed by atoms with Crippen molar-refractivity contribution in [2.24, 2.45) is 0 Å². The summed E-state index contributed by atoms with van der Waals surface area (Å²) in [6, 6.07) is 1.92. The zero-order valence-corrected chi connectivity index (χ0v) is 10.2. The predicted molar refractivity (Wildman–Crippen MR) is 65.9 cm³/mol. The highest BCUT2D eigenvalue weighted by molar-refractivity contribution is 5.48. The molecule has 90 valence electrons. The van der Waals surface area contributed by atoms with Crippen LogP contribution in [0.25, 0.3) is 0 Å². The van der Waals surface area contributed by atoms with Gasteiger partial charge in [-0.15, -0.1) is 0 Å². The molecule has 0 atom stereocenters. The van der Waals surface area contributed by atoms with Crippen LogP contribution in [0.15, 0.2) is 6.07 Å². The molecule has 0 aromatic carbocycles. The lowest BCUT2D eigenvalue weighted by molar-refractivity contribution is 0.289. The SMILES string of the molecule is CCN(CCCO)c1cc(NC)nc(C)n1. The van der Waals surface area contributed by atoms with Gasteiger partial charge >= 0.3 is 0 Å². The molecule has 0 aliphatic rings. The third-order valence-corrected chi connectivity index (χ3v) is 2.37. The fourth-order valence-corrected chi connectivity index (χ4v) is 1.54. The van der Waals surface area contributed by atoms with Gasteiger partial charge in [0.05, 0.1) is 0 Å². The van der Waals surface area contributed by atoms with E-state index in [-0.39, 0.29) is 6.61 Å². The molecule has 0 aliphatic carbocycles. The molecule has 0 saturated carbocycles. The van der Waals surface area contributed by atoms with Crippen molar-refractivity contribution in [2.75, 3.05) is 37.0 Å². The molecule has 1 rings (SSSR count). The molecule has 5 nitrogen and oxygen atoms in total. The fraction of sp³-hybridized carbons (Fsp3) is 0.636. The highest BCUT2D eigenvalue weighted by Gasteiger charge is 2.07.